The number of hydrogen-bond acceptors (Lipinski definition) is 6. The van der Waals surface area contributed by atoms with E-state index in [1.807, 2.05) is 6.07 Å². The maximum absolute atomic E-state index is 12.9. The van der Waals surface area contributed by atoms with Gasteiger partial charge in [-0.15, -0.1) is 0 Å². The summed E-state index contributed by atoms with van der Waals surface area (Å²) >= 11 is 0. The molecular weight excluding hydrogens is 417 g/mol. The molecule has 4 rings (SSSR count). The number of nitrogens with zero attached hydrogens (tertiary/aromatic N) is 6. The Bertz CT molecular complexity index is 1310. The van der Waals surface area contributed by atoms with Crippen LogP contribution < -0.4 is 10.1 Å². The molecule has 1 aromatic carbocycles. The molecule has 0 aliphatic rings. The van der Waals surface area contributed by atoms with Crippen LogP contribution in [0.25, 0.3) is 17.0 Å². The SMILES string of the molecule is CN(C)C(=O)c1cnn(C)c1C(=O)Nc1ccn2cc(-c3cccc(OCF)c3)nc2n1. The number of anilines is 1. The first-order chi connectivity index (χ1) is 15.4. The van der Waals surface area contributed by atoms with E-state index in [9.17, 15) is 14.0 Å². The van der Waals surface area contributed by atoms with E-state index in [1.165, 1.54) is 15.8 Å². The number of carbonyl (C=O) groups is 2. The van der Waals surface area contributed by atoms with Gasteiger partial charge in [0.25, 0.3) is 11.8 Å². The number of halogens is 1. The Morgan fingerprint density at radius 2 is 2.03 bits per heavy atom. The normalized spacial score (nSPS) is 10.9. The fraction of sp³-hybridized carbons (Fsp3) is 0.190. The van der Waals surface area contributed by atoms with E-state index >= 15 is 0 Å². The summed E-state index contributed by atoms with van der Waals surface area (Å²) in [6, 6.07) is 8.50. The van der Waals surface area contributed by atoms with Gasteiger partial charge in [-0.1, -0.05) is 12.1 Å². The monoisotopic (exact) mass is 437 g/mol. The van der Waals surface area contributed by atoms with Gasteiger partial charge in [-0.3, -0.25) is 18.7 Å². The van der Waals surface area contributed by atoms with Gasteiger partial charge < -0.3 is 15.0 Å². The molecule has 0 saturated carbocycles. The highest BCUT2D eigenvalue weighted by atomic mass is 19.1. The van der Waals surface area contributed by atoms with Crippen LogP contribution in [0.4, 0.5) is 10.2 Å². The van der Waals surface area contributed by atoms with Crippen molar-refractivity contribution in [3.05, 3.63) is 60.2 Å². The number of benzene rings is 1. The summed E-state index contributed by atoms with van der Waals surface area (Å²) < 4.78 is 20.4. The number of carbonyl (C=O) groups excluding carboxylic acids is 2. The van der Waals surface area contributed by atoms with Crippen LogP contribution in [0.1, 0.15) is 20.8 Å². The zero-order valence-electron chi connectivity index (χ0n) is 17.6. The molecule has 0 bridgehead atoms. The Morgan fingerprint density at radius 1 is 1.22 bits per heavy atom. The fourth-order valence-electron chi connectivity index (χ4n) is 3.17. The predicted octanol–water partition coefficient (Wildman–Crippen LogP) is 2.39. The van der Waals surface area contributed by atoms with Crippen LogP contribution in [-0.4, -0.2) is 61.8 Å². The quantitative estimate of drug-likeness (QED) is 0.496. The first kappa shape index (κ1) is 21.0. The smallest absolute Gasteiger partial charge is 0.275 e. The summed E-state index contributed by atoms with van der Waals surface area (Å²) in [6.45, 7) is -0.919. The topological polar surface area (TPSA) is 107 Å². The summed E-state index contributed by atoms with van der Waals surface area (Å²) in [5, 5.41) is 6.72. The zero-order chi connectivity index (χ0) is 22.8. The minimum Gasteiger partial charge on any atom is -0.463 e. The standard InChI is InChI=1S/C21H20FN7O3/c1-27(2)20(31)15-10-23-28(3)18(15)19(30)25-17-7-8-29-11-16(24-21(29)26-17)13-5-4-6-14(9-13)32-12-22/h4-11H,12H2,1-3H3,(H,24,25,26,30). The number of aryl methyl sites for hydroxylation is 1. The molecule has 4 aromatic rings. The molecule has 164 valence electrons. The molecule has 3 heterocycles. The largest absolute Gasteiger partial charge is 0.463 e. The van der Waals surface area contributed by atoms with Crippen molar-refractivity contribution in [2.75, 3.05) is 26.3 Å². The van der Waals surface area contributed by atoms with Crippen molar-refractivity contribution in [3.63, 3.8) is 0 Å². The molecule has 1 N–H and O–H groups in total. The molecular formula is C21H20FN7O3. The highest BCUT2D eigenvalue weighted by Gasteiger charge is 2.23. The number of hydrogen-bond donors (Lipinski definition) is 1. The third-order valence-electron chi connectivity index (χ3n) is 4.71. The Balaban J connectivity index is 1.61. The highest BCUT2D eigenvalue weighted by molar-refractivity contribution is 6.10. The lowest BCUT2D eigenvalue weighted by Gasteiger charge is -2.11. The highest BCUT2D eigenvalue weighted by Crippen LogP contribution is 2.24. The molecule has 10 nitrogen and oxygen atoms in total. The van der Waals surface area contributed by atoms with Crippen LogP contribution in [0.2, 0.25) is 0 Å². The Morgan fingerprint density at radius 3 is 2.78 bits per heavy atom. The van der Waals surface area contributed by atoms with Crippen molar-refractivity contribution in [1.82, 2.24) is 29.0 Å². The van der Waals surface area contributed by atoms with Crippen LogP contribution in [0.5, 0.6) is 5.75 Å². The number of rotatable bonds is 6. The summed E-state index contributed by atoms with van der Waals surface area (Å²) in [4.78, 5) is 35.4. The Labute approximate surface area is 182 Å². The van der Waals surface area contributed by atoms with Crippen LogP contribution in [0.15, 0.2) is 48.9 Å². The first-order valence-electron chi connectivity index (χ1n) is 9.57. The van der Waals surface area contributed by atoms with Crippen molar-refractivity contribution < 1.29 is 18.7 Å². The molecule has 2 amide bonds. The Hall–Kier alpha value is -4.28. The molecule has 0 radical (unpaired) electrons. The van der Waals surface area contributed by atoms with Crippen LogP contribution in [0.3, 0.4) is 0 Å². The van der Waals surface area contributed by atoms with Gasteiger partial charge in [-0.05, 0) is 18.2 Å². The van der Waals surface area contributed by atoms with Gasteiger partial charge in [-0.25, -0.2) is 9.37 Å². The van der Waals surface area contributed by atoms with Gasteiger partial charge >= 0.3 is 0 Å². The van der Waals surface area contributed by atoms with Gasteiger partial charge in [0.1, 0.15) is 17.3 Å². The lowest BCUT2D eigenvalue weighted by Crippen LogP contribution is -2.26. The van der Waals surface area contributed by atoms with E-state index < -0.39 is 12.8 Å². The number of aromatic nitrogens is 5. The number of nitrogens with one attached hydrogen (secondary N) is 1. The minimum absolute atomic E-state index is 0.124. The van der Waals surface area contributed by atoms with Crippen molar-refractivity contribution in [3.8, 4) is 17.0 Å². The second-order valence-electron chi connectivity index (χ2n) is 7.11. The van der Waals surface area contributed by atoms with Gasteiger partial charge in [-0.2, -0.15) is 10.1 Å². The van der Waals surface area contributed by atoms with E-state index in [0.717, 1.165) is 5.56 Å². The summed E-state index contributed by atoms with van der Waals surface area (Å²) in [6.07, 6.45) is 4.82. The average Bonchev–Trinajstić information content (AvgIpc) is 3.36. The summed E-state index contributed by atoms with van der Waals surface area (Å²) in [5.74, 6) is 0.156. The third-order valence-corrected chi connectivity index (χ3v) is 4.71. The first-order valence-corrected chi connectivity index (χ1v) is 9.57. The minimum atomic E-state index is -0.919. The van der Waals surface area contributed by atoms with E-state index in [4.69, 9.17) is 4.74 Å². The number of imidazole rings is 1. The van der Waals surface area contributed by atoms with Gasteiger partial charge in [0.15, 0.2) is 0 Å². The molecule has 0 spiro atoms. The molecule has 0 fully saturated rings. The molecule has 0 aliphatic heterocycles. The van der Waals surface area contributed by atoms with Crippen molar-refractivity contribution in [1.29, 1.82) is 0 Å². The molecule has 0 atom stereocenters. The van der Waals surface area contributed by atoms with Crippen LogP contribution >= 0.6 is 0 Å². The predicted molar refractivity (Wildman–Crippen MR) is 114 cm³/mol. The molecule has 32 heavy (non-hydrogen) atoms. The maximum Gasteiger partial charge on any atom is 0.275 e. The van der Waals surface area contributed by atoms with Gasteiger partial charge in [0.05, 0.1) is 17.5 Å². The second-order valence-corrected chi connectivity index (χ2v) is 7.11. The van der Waals surface area contributed by atoms with Crippen LogP contribution in [-0.2, 0) is 7.05 Å². The molecule has 11 heteroatoms. The van der Waals surface area contributed by atoms with Crippen molar-refractivity contribution >= 4 is 23.4 Å². The number of amides is 2. The number of ether oxygens (including phenoxy) is 1. The van der Waals surface area contributed by atoms with E-state index in [0.29, 0.717) is 17.2 Å². The third kappa shape index (κ3) is 4.00. The number of alkyl halides is 1. The zero-order valence-corrected chi connectivity index (χ0v) is 17.6. The fourth-order valence-corrected chi connectivity index (χ4v) is 3.17. The number of fused-ring (bicyclic) bond motifs is 1. The van der Waals surface area contributed by atoms with E-state index in [1.54, 1.807) is 62.2 Å². The second kappa shape index (κ2) is 8.46. The van der Waals surface area contributed by atoms with E-state index in [2.05, 4.69) is 20.4 Å². The molecule has 0 aliphatic carbocycles. The average molecular weight is 437 g/mol. The van der Waals surface area contributed by atoms with Crippen molar-refractivity contribution in [2.24, 2.45) is 7.05 Å². The van der Waals surface area contributed by atoms with Crippen molar-refractivity contribution in [2.45, 2.75) is 0 Å². The lowest BCUT2D eigenvalue weighted by molar-refractivity contribution is 0.0821. The Kier molecular flexibility index (Phi) is 5.54. The molecule has 3 aromatic heterocycles. The van der Waals surface area contributed by atoms with E-state index in [-0.39, 0.29) is 23.0 Å². The molecule has 0 unspecified atom stereocenters. The summed E-state index contributed by atoms with van der Waals surface area (Å²) in [5.41, 5.74) is 1.65. The molecule has 0 saturated heterocycles. The maximum atomic E-state index is 12.9. The van der Waals surface area contributed by atoms with Gasteiger partial charge in [0.2, 0.25) is 12.6 Å². The van der Waals surface area contributed by atoms with Gasteiger partial charge in [0, 0.05) is 39.1 Å². The lowest BCUT2D eigenvalue weighted by atomic mass is 10.1. The van der Waals surface area contributed by atoms with Crippen LogP contribution in [0, 0.1) is 0 Å². The summed E-state index contributed by atoms with van der Waals surface area (Å²) in [7, 11) is 4.78.